The first-order chi connectivity index (χ1) is 2.93. The molecule has 0 atom stereocenters. The highest BCUT2D eigenvalue weighted by atomic mass is 14.9. The lowest BCUT2D eigenvalue weighted by Gasteiger charge is -1.88. The molecule has 0 unspecified atom stereocenters. The summed E-state index contributed by atoms with van der Waals surface area (Å²) in [6.45, 7) is 3.24. The van der Waals surface area contributed by atoms with E-state index in [4.69, 9.17) is 0 Å². The average molecular weight is 84.1 g/mol. The fraction of sp³-hybridized carbons (Fsp3) is 0.800. The lowest BCUT2D eigenvalue weighted by atomic mass is 10.6. The zero-order valence-electron chi connectivity index (χ0n) is 4.12. The molecule has 0 aromatic rings. The second-order valence-corrected chi connectivity index (χ2v) is 1.63. The van der Waals surface area contributed by atoms with Gasteiger partial charge in [0, 0.05) is 6.04 Å². The second kappa shape index (κ2) is 1.61. The minimum Gasteiger partial charge on any atom is -0.310 e. The third kappa shape index (κ3) is 0.977. The van der Waals surface area contributed by atoms with E-state index in [0.29, 0.717) is 0 Å². The third-order valence-electron chi connectivity index (χ3n) is 0.927. The minimum atomic E-state index is 1.11. The van der Waals surface area contributed by atoms with Gasteiger partial charge in [0.05, 0.1) is 0 Å². The minimum absolute atomic E-state index is 1.11. The van der Waals surface area contributed by atoms with Gasteiger partial charge < -0.3 is 5.32 Å². The maximum Gasteiger partial charge on any atom is 0.0365 e. The molecule has 1 aliphatic carbocycles. The highest BCUT2D eigenvalue weighted by molar-refractivity contribution is 5.01. The van der Waals surface area contributed by atoms with Crippen molar-refractivity contribution in [1.29, 1.82) is 0 Å². The topological polar surface area (TPSA) is 12.0 Å². The van der Waals surface area contributed by atoms with Crippen LogP contribution in [-0.4, -0.2) is 6.54 Å². The number of nitrogens with one attached hydrogen (secondary N) is 1. The smallest absolute Gasteiger partial charge is 0.0365 e. The van der Waals surface area contributed by atoms with E-state index in [0.717, 1.165) is 6.54 Å². The first kappa shape index (κ1) is 4.13. The van der Waals surface area contributed by atoms with E-state index in [1.165, 1.54) is 18.9 Å². The lowest BCUT2D eigenvalue weighted by molar-refractivity contribution is 0.825. The maximum absolute atomic E-state index is 3.24. The van der Waals surface area contributed by atoms with Gasteiger partial charge in [-0.25, -0.2) is 0 Å². The summed E-state index contributed by atoms with van der Waals surface area (Å²) < 4.78 is 0. The molecule has 1 nitrogen and oxygen atoms in total. The number of rotatable bonds is 2. The van der Waals surface area contributed by atoms with Crippen molar-refractivity contribution >= 4 is 0 Å². The summed E-state index contributed by atoms with van der Waals surface area (Å²) in [5.74, 6) is 0. The highest BCUT2D eigenvalue weighted by Crippen LogP contribution is 2.27. The van der Waals surface area contributed by atoms with Crippen LogP contribution in [0.1, 0.15) is 19.8 Å². The number of hydrogen-bond acceptors (Lipinski definition) is 1. The van der Waals surface area contributed by atoms with Gasteiger partial charge in [-0.3, -0.25) is 0 Å². The van der Waals surface area contributed by atoms with Crippen molar-refractivity contribution in [2.24, 2.45) is 0 Å². The first-order valence-electron chi connectivity index (χ1n) is 2.52. The molecule has 1 N–H and O–H groups in total. The summed E-state index contributed by atoms with van der Waals surface area (Å²) in [6.07, 6.45) is 2.65. The average Bonchev–Trinajstić information content (AvgIpc) is 2.21. The predicted octanol–water partition coefficient (Wildman–Crippen LogP) is 0.922. The van der Waals surface area contributed by atoms with Crippen LogP contribution in [0.3, 0.4) is 0 Å². The Morgan fingerprint density at radius 3 is 2.50 bits per heavy atom. The van der Waals surface area contributed by atoms with Gasteiger partial charge in [0.15, 0.2) is 0 Å². The van der Waals surface area contributed by atoms with Crippen molar-refractivity contribution in [2.45, 2.75) is 19.8 Å². The SMILES string of the molecule is CCN[C]1CC1. The molecule has 0 saturated heterocycles. The van der Waals surface area contributed by atoms with Gasteiger partial charge in [-0.15, -0.1) is 0 Å². The van der Waals surface area contributed by atoms with Gasteiger partial charge >= 0.3 is 0 Å². The Bertz CT molecular complexity index is 39.2. The zero-order chi connectivity index (χ0) is 4.41. The van der Waals surface area contributed by atoms with Crippen LogP contribution in [0.15, 0.2) is 0 Å². The summed E-state index contributed by atoms with van der Waals surface area (Å²) >= 11 is 0. The van der Waals surface area contributed by atoms with Gasteiger partial charge in [-0.2, -0.15) is 0 Å². The van der Waals surface area contributed by atoms with E-state index in [9.17, 15) is 0 Å². The second-order valence-electron chi connectivity index (χ2n) is 1.63. The largest absolute Gasteiger partial charge is 0.310 e. The Morgan fingerprint density at radius 1 is 1.67 bits per heavy atom. The van der Waals surface area contributed by atoms with E-state index >= 15 is 0 Å². The molecule has 1 aliphatic rings. The van der Waals surface area contributed by atoms with Crippen molar-refractivity contribution in [1.82, 2.24) is 5.32 Å². The maximum atomic E-state index is 3.24. The van der Waals surface area contributed by atoms with Crippen LogP contribution in [0.5, 0.6) is 0 Å². The molecule has 1 saturated carbocycles. The quantitative estimate of drug-likeness (QED) is 0.524. The molecule has 0 spiro atoms. The summed E-state index contributed by atoms with van der Waals surface area (Å²) in [6, 6.07) is 1.54. The first-order valence-corrected chi connectivity index (χ1v) is 2.52. The van der Waals surface area contributed by atoms with Crippen molar-refractivity contribution in [3.63, 3.8) is 0 Å². The van der Waals surface area contributed by atoms with Gasteiger partial charge in [-0.1, -0.05) is 6.92 Å². The van der Waals surface area contributed by atoms with Crippen molar-refractivity contribution in [3.05, 3.63) is 6.04 Å². The molecule has 1 rings (SSSR count). The van der Waals surface area contributed by atoms with E-state index in [1.54, 1.807) is 0 Å². The highest BCUT2D eigenvalue weighted by Gasteiger charge is 2.19. The normalized spacial score (nSPS) is 21.5. The molecule has 0 amide bonds. The molecule has 1 radical (unpaired) electrons. The van der Waals surface area contributed by atoms with Gasteiger partial charge in [0.1, 0.15) is 0 Å². The van der Waals surface area contributed by atoms with Gasteiger partial charge in [0.25, 0.3) is 0 Å². The van der Waals surface area contributed by atoms with Crippen molar-refractivity contribution in [2.75, 3.05) is 6.54 Å². The summed E-state index contributed by atoms with van der Waals surface area (Å²) in [5.41, 5.74) is 0. The molecule has 1 heteroatoms. The molecule has 0 aromatic carbocycles. The van der Waals surface area contributed by atoms with E-state index in [-0.39, 0.29) is 0 Å². The van der Waals surface area contributed by atoms with Crippen molar-refractivity contribution < 1.29 is 0 Å². The summed E-state index contributed by atoms with van der Waals surface area (Å²) in [4.78, 5) is 0. The fourth-order valence-corrected chi connectivity index (χ4v) is 0.489. The summed E-state index contributed by atoms with van der Waals surface area (Å²) in [7, 11) is 0. The van der Waals surface area contributed by atoms with Gasteiger partial charge in [-0.05, 0) is 19.4 Å². The monoisotopic (exact) mass is 84.1 g/mol. The Balaban J connectivity index is 1.88. The third-order valence-corrected chi connectivity index (χ3v) is 0.927. The molecule has 1 fully saturated rings. The van der Waals surface area contributed by atoms with E-state index in [1.807, 2.05) is 0 Å². The van der Waals surface area contributed by atoms with E-state index < -0.39 is 0 Å². The van der Waals surface area contributed by atoms with E-state index in [2.05, 4.69) is 12.2 Å². The Hall–Kier alpha value is -0.0400. The van der Waals surface area contributed by atoms with Crippen LogP contribution in [0.2, 0.25) is 0 Å². The van der Waals surface area contributed by atoms with Crippen LogP contribution in [0.4, 0.5) is 0 Å². The van der Waals surface area contributed by atoms with Gasteiger partial charge in [0.2, 0.25) is 0 Å². The summed E-state index contributed by atoms with van der Waals surface area (Å²) in [5, 5.41) is 3.24. The van der Waals surface area contributed by atoms with Crippen LogP contribution in [0, 0.1) is 6.04 Å². The fourth-order valence-electron chi connectivity index (χ4n) is 0.489. The predicted molar refractivity (Wildman–Crippen MR) is 26.2 cm³/mol. The standard InChI is InChI=1S/C5H10N/c1-2-6-5-3-4-5/h6H,2-4H2,1H3. The Labute approximate surface area is 38.7 Å². The molecule has 6 heavy (non-hydrogen) atoms. The molecule has 0 aromatic heterocycles. The zero-order valence-corrected chi connectivity index (χ0v) is 4.12. The molecule has 0 bridgehead atoms. The lowest BCUT2D eigenvalue weighted by Crippen LogP contribution is -2.07. The van der Waals surface area contributed by atoms with Crippen LogP contribution in [-0.2, 0) is 0 Å². The number of hydrogen-bond donors (Lipinski definition) is 1. The van der Waals surface area contributed by atoms with Crippen LogP contribution >= 0.6 is 0 Å². The van der Waals surface area contributed by atoms with Crippen LogP contribution in [0.25, 0.3) is 0 Å². The Morgan fingerprint density at radius 2 is 2.33 bits per heavy atom. The molecular formula is C5H10N. The van der Waals surface area contributed by atoms with Crippen molar-refractivity contribution in [3.8, 4) is 0 Å². The molecule has 35 valence electrons. The Kier molecular flexibility index (Phi) is 1.10. The molecule has 0 heterocycles. The molecule has 0 aliphatic heterocycles. The molecular weight excluding hydrogens is 74.1 g/mol. The van der Waals surface area contributed by atoms with Crippen LogP contribution < -0.4 is 5.32 Å².